The van der Waals surface area contributed by atoms with Gasteiger partial charge < -0.3 is 0 Å². The third kappa shape index (κ3) is 1.71. The van der Waals surface area contributed by atoms with Crippen LogP contribution in [0, 0.1) is 5.92 Å². The first-order valence-corrected chi connectivity index (χ1v) is 4.35. The molecular formula is C9H17F. The summed E-state index contributed by atoms with van der Waals surface area (Å²) in [6.07, 6.45) is 4.48. The van der Waals surface area contributed by atoms with Crippen molar-refractivity contribution >= 4 is 0 Å². The highest BCUT2D eigenvalue weighted by Gasteiger charge is 2.31. The second-order valence-corrected chi connectivity index (χ2v) is 3.69. The number of alkyl halides is 1. The zero-order valence-electron chi connectivity index (χ0n) is 6.99. The monoisotopic (exact) mass is 144 g/mol. The highest BCUT2D eigenvalue weighted by Crippen LogP contribution is 2.36. The molecule has 0 aromatic heterocycles. The Bertz CT molecular complexity index is 101. The molecule has 1 fully saturated rings. The van der Waals surface area contributed by atoms with Gasteiger partial charge in [-0.25, -0.2) is 4.39 Å². The summed E-state index contributed by atoms with van der Waals surface area (Å²) in [7, 11) is 0. The van der Waals surface area contributed by atoms with Gasteiger partial charge in [-0.15, -0.1) is 0 Å². The SMILES string of the molecule is CCC1(F)CCC(C)CC1. The predicted molar refractivity (Wildman–Crippen MR) is 41.8 cm³/mol. The minimum Gasteiger partial charge on any atom is -0.244 e. The van der Waals surface area contributed by atoms with Gasteiger partial charge in [0.2, 0.25) is 0 Å². The van der Waals surface area contributed by atoms with E-state index in [1.165, 1.54) is 0 Å². The molecule has 60 valence electrons. The summed E-state index contributed by atoms with van der Waals surface area (Å²) in [4.78, 5) is 0. The average molecular weight is 144 g/mol. The lowest BCUT2D eigenvalue weighted by Crippen LogP contribution is -2.27. The first-order valence-electron chi connectivity index (χ1n) is 4.35. The van der Waals surface area contributed by atoms with E-state index in [1.807, 2.05) is 6.92 Å². The lowest BCUT2D eigenvalue weighted by molar-refractivity contribution is 0.0835. The number of hydrogen-bond acceptors (Lipinski definition) is 0. The molecule has 0 nitrogen and oxygen atoms in total. The Kier molecular flexibility index (Phi) is 2.32. The van der Waals surface area contributed by atoms with Crippen molar-refractivity contribution in [2.45, 2.75) is 51.6 Å². The fraction of sp³-hybridized carbons (Fsp3) is 1.00. The van der Waals surface area contributed by atoms with Crippen molar-refractivity contribution in [2.75, 3.05) is 0 Å². The molecular weight excluding hydrogens is 127 g/mol. The molecule has 1 aliphatic rings. The van der Waals surface area contributed by atoms with Crippen molar-refractivity contribution < 1.29 is 4.39 Å². The fourth-order valence-electron chi connectivity index (χ4n) is 1.63. The van der Waals surface area contributed by atoms with Crippen molar-refractivity contribution in [1.82, 2.24) is 0 Å². The van der Waals surface area contributed by atoms with Gasteiger partial charge in [-0.05, 0) is 38.0 Å². The molecule has 1 saturated carbocycles. The van der Waals surface area contributed by atoms with E-state index < -0.39 is 5.67 Å². The van der Waals surface area contributed by atoms with Gasteiger partial charge >= 0.3 is 0 Å². The Hall–Kier alpha value is -0.0700. The van der Waals surface area contributed by atoms with Gasteiger partial charge in [0.15, 0.2) is 0 Å². The maximum absolute atomic E-state index is 13.5. The zero-order chi connectivity index (χ0) is 7.61. The molecule has 10 heavy (non-hydrogen) atoms. The van der Waals surface area contributed by atoms with Gasteiger partial charge in [0.1, 0.15) is 5.67 Å². The normalized spacial score (nSPS) is 41.7. The topological polar surface area (TPSA) is 0 Å². The van der Waals surface area contributed by atoms with Crippen LogP contribution in [0.3, 0.4) is 0 Å². The number of hydrogen-bond donors (Lipinski definition) is 0. The van der Waals surface area contributed by atoms with Crippen molar-refractivity contribution in [2.24, 2.45) is 5.92 Å². The third-order valence-corrected chi connectivity index (χ3v) is 2.80. The van der Waals surface area contributed by atoms with Gasteiger partial charge in [-0.2, -0.15) is 0 Å². The molecule has 0 aliphatic heterocycles. The van der Waals surface area contributed by atoms with Crippen LogP contribution in [-0.4, -0.2) is 5.67 Å². The molecule has 0 amide bonds. The molecule has 1 heteroatoms. The van der Waals surface area contributed by atoms with Crippen LogP contribution >= 0.6 is 0 Å². The second kappa shape index (κ2) is 2.89. The van der Waals surface area contributed by atoms with E-state index in [0.717, 1.165) is 31.6 Å². The van der Waals surface area contributed by atoms with Crippen LogP contribution < -0.4 is 0 Å². The van der Waals surface area contributed by atoms with Gasteiger partial charge in [-0.1, -0.05) is 13.8 Å². The number of halogens is 1. The summed E-state index contributed by atoms with van der Waals surface area (Å²) < 4.78 is 13.5. The van der Waals surface area contributed by atoms with E-state index in [1.54, 1.807) is 0 Å². The van der Waals surface area contributed by atoms with Crippen LogP contribution in [0.15, 0.2) is 0 Å². The molecule has 0 aromatic carbocycles. The first kappa shape index (κ1) is 8.03. The molecule has 0 heterocycles. The van der Waals surface area contributed by atoms with Gasteiger partial charge in [0, 0.05) is 0 Å². The Labute approximate surface area is 62.8 Å². The first-order chi connectivity index (χ1) is 4.66. The van der Waals surface area contributed by atoms with E-state index in [4.69, 9.17) is 0 Å². The van der Waals surface area contributed by atoms with Crippen LogP contribution in [0.1, 0.15) is 46.0 Å². The smallest absolute Gasteiger partial charge is 0.110 e. The van der Waals surface area contributed by atoms with Crippen LogP contribution in [0.5, 0.6) is 0 Å². The summed E-state index contributed by atoms with van der Waals surface area (Å²) in [5.41, 5.74) is -0.799. The molecule has 0 N–H and O–H groups in total. The number of rotatable bonds is 1. The fourth-order valence-corrected chi connectivity index (χ4v) is 1.63. The maximum atomic E-state index is 13.5. The molecule has 0 saturated heterocycles. The predicted octanol–water partition coefficient (Wildman–Crippen LogP) is 3.31. The minimum absolute atomic E-state index is 0.708. The van der Waals surface area contributed by atoms with E-state index in [9.17, 15) is 4.39 Å². The molecule has 0 bridgehead atoms. The molecule has 0 spiro atoms. The average Bonchev–Trinajstić information content (AvgIpc) is 1.96. The van der Waals surface area contributed by atoms with Crippen molar-refractivity contribution in [1.29, 1.82) is 0 Å². The Morgan fingerprint density at radius 1 is 1.40 bits per heavy atom. The molecule has 1 rings (SSSR count). The Morgan fingerprint density at radius 3 is 2.30 bits per heavy atom. The van der Waals surface area contributed by atoms with E-state index in [0.29, 0.717) is 6.42 Å². The summed E-state index contributed by atoms with van der Waals surface area (Å²) in [5, 5.41) is 0. The van der Waals surface area contributed by atoms with Crippen molar-refractivity contribution in [3.63, 3.8) is 0 Å². The van der Waals surface area contributed by atoms with Crippen LogP contribution in [0.2, 0.25) is 0 Å². The Morgan fingerprint density at radius 2 is 1.90 bits per heavy atom. The van der Waals surface area contributed by atoms with Crippen LogP contribution in [0.4, 0.5) is 4.39 Å². The molecule has 0 radical (unpaired) electrons. The van der Waals surface area contributed by atoms with Gasteiger partial charge in [-0.3, -0.25) is 0 Å². The van der Waals surface area contributed by atoms with Crippen LogP contribution in [0.25, 0.3) is 0 Å². The molecule has 0 unspecified atom stereocenters. The minimum atomic E-state index is -0.799. The Balaban J connectivity index is 2.38. The second-order valence-electron chi connectivity index (χ2n) is 3.69. The van der Waals surface area contributed by atoms with E-state index >= 15 is 0 Å². The van der Waals surface area contributed by atoms with Crippen LogP contribution in [-0.2, 0) is 0 Å². The lowest BCUT2D eigenvalue weighted by atomic mass is 9.79. The summed E-state index contributed by atoms with van der Waals surface area (Å²) in [6.45, 7) is 4.17. The molecule has 0 aromatic rings. The third-order valence-electron chi connectivity index (χ3n) is 2.80. The quantitative estimate of drug-likeness (QED) is 0.529. The standard InChI is InChI=1S/C9H17F/c1-3-9(10)6-4-8(2)5-7-9/h8H,3-7H2,1-2H3. The van der Waals surface area contributed by atoms with Gasteiger partial charge in [0.05, 0.1) is 0 Å². The van der Waals surface area contributed by atoms with Crippen molar-refractivity contribution in [3.8, 4) is 0 Å². The van der Waals surface area contributed by atoms with Crippen molar-refractivity contribution in [3.05, 3.63) is 0 Å². The van der Waals surface area contributed by atoms with E-state index in [-0.39, 0.29) is 0 Å². The summed E-state index contributed by atoms with van der Waals surface area (Å²) >= 11 is 0. The molecule has 0 atom stereocenters. The van der Waals surface area contributed by atoms with E-state index in [2.05, 4.69) is 6.92 Å². The largest absolute Gasteiger partial charge is 0.244 e. The lowest BCUT2D eigenvalue weighted by Gasteiger charge is -2.31. The highest BCUT2D eigenvalue weighted by atomic mass is 19.1. The maximum Gasteiger partial charge on any atom is 0.110 e. The molecule has 1 aliphatic carbocycles. The summed E-state index contributed by atoms with van der Waals surface area (Å²) in [6, 6.07) is 0. The van der Waals surface area contributed by atoms with Gasteiger partial charge in [0.25, 0.3) is 0 Å². The summed E-state index contributed by atoms with van der Waals surface area (Å²) in [5.74, 6) is 0.760. The zero-order valence-corrected chi connectivity index (χ0v) is 6.99. The highest BCUT2D eigenvalue weighted by molar-refractivity contribution is 4.83.